The van der Waals surface area contributed by atoms with Crippen LogP contribution in [-0.4, -0.2) is 51.5 Å². The Labute approximate surface area is 94.7 Å². The highest BCUT2D eigenvalue weighted by atomic mass is 16.5. The maximum atomic E-state index is 5.30. The molecule has 0 aliphatic carbocycles. The van der Waals surface area contributed by atoms with Crippen molar-refractivity contribution < 1.29 is 9.47 Å². The molecule has 0 unspecified atom stereocenters. The minimum absolute atomic E-state index is 0.256. The van der Waals surface area contributed by atoms with Crippen LogP contribution in [0.4, 0.5) is 0 Å². The minimum Gasteiger partial charge on any atom is -0.384 e. The van der Waals surface area contributed by atoms with Crippen molar-refractivity contribution in [3.63, 3.8) is 0 Å². The highest BCUT2D eigenvalue weighted by Gasteiger charge is 2.22. The van der Waals surface area contributed by atoms with Crippen LogP contribution in [0.1, 0.15) is 27.7 Å². The molecule has 0 aromatic rings. The van der Waals surface area contributed by atoms with Crippen LogP contribution in [0.3, 0.4) is 0 Å². The average molecular weight is 217 g/mol. The van der Waals surface area contributed by atoms with E-state index >= 15 is 0 Å². The van der Waals surface area contributed by atoms with Gasteiger partial charge in [0.05, 0.1) is 19.8 Å². The fourth-order valence-electron chi connectivity index (χ4n) is 1.80. The Morgan fingerprint density at radius 2 is 1.73 bits per heavy atom. The van der Waals surface area contributed by atoms with Crippen LogP contribution < -0.4 is 0 Å². The minimum atomic E-state index is 0.256. The summed E-state index contributed by atoms with van der Waals surface area (Å²) in [6, 6.07) is 0. The van der Waals surface area contributed by atoms with Gasteiger partial charge >= 0.3 is 0 Å². The molecule has 92 valence electrons. The lowest BCUT2D eigenvalue weighted by atomic mass is 9.94. The van der Waals surface area contributed by atoms with Crippen molar-refractivity contribution in [2.45, 2.75) is 27.7 Å². The van der Waals surface area contributed by atoms with Crippen molar-refractivity contribution in [1.82, 2.24) is 4.90 Å². The van der Waals surface area contributed by atoms with Gasteiger partial charge in [0.25, 0.3) is 0 Å². The predicted octanol–water partition coefficient (Wildman–Crippen LogP) is 2.02. The van der Waals surface area contributed by atoms with Gasteiger partial charge in [0.15, 0.2) is 0 Å². The van der Waals surface area contributed by atoms with E-state index < -0.39 is 0 Å². The van der Waals surface area contributed by atoms with Gasteiger partial charge in [-0.1, -0.05) is 27.7 Å². The number of methoxy groups -OCH3 is 1. The Kier molecular flexibility index (Phi) is 8.02. The van der Waals surface area contributed by atoms with Gasteiger partial charge < -0.3 is 9.47 Å². The van der Waals surface area contributed by atoms with Gasteiger partial charge in [-0.15, -0.1) is 0 Å². The third kappa shape index (κ3) is 6.88. The molecule has 1 aliphatic rings. The molecule has 1 saturated heterocycles. The topological polar surface area (TPSA) is 21.7 Å². The zero-order chi connectivity index (χ0) is 11.7. The fourth-order valence-corrected chi connectivity index (χ4v) is 1.80. The molecule has 0 radical (unpaired) electrons. The van der Waals surface area contributed by atoms with E-state index in [0.29, 0.717) is 0 Å². The Morgan fingerprint density at radius 1 is 1.20 bits per heavy atom. The van der Waals surface area contributed by atoms with E-state index in [2.05, 4.69) is 18.7 Å². The molecule has 1 heterocycles. The van der Waals surface area contributed by atoms with Crippen LogP contribution in [0, 0.1) is 5.41 Å². The average Bonchev–Trinajstić information content (AvgIpc) is 2.21. The van der Waals surface area contributed by atoms with Crippen molar-refractivity contribution in [3.05, 3.63) is 0 Å². The second kappa shape index (κ2) is 8.08. The van der Waals surface area contributed by atoms with E-state index in [4.69, 9.17) is 9.47 Å². The zero-order valence-electron chi connectivity index (χ0n) is 11.0. The molecule has 3 heteroatoms. The van der Waals surface area contributed by atoms with E-state index in [1.807, 2.05) is 13.8 Å². The van der Waals surface area contributed by atoms with Gasteiger partial charge in [-0.3, -0.25) is 4.90 Å². The SMILES string of the molecule is CC.COCC(C)(C)CN1CCOCC1. The molecule has 1 aliphatic heterocycles. The van der Waals surface area contributed by atoms with Crippen molar-refractivity contribution in [3.8, 4) is 0 Å². The maximum Gasteiger partial charge on any atom is 0.0594 e. The lowest BCUT2D eigenvalue weighted by molar-refractivity contribution is 0.00472. The molecule has 0 N–H and O–H groups in total. The first-order chi connectivity index (χ1) is 7.14. The third-order valence-electron chi connectivity index (χ3n) is 2.29. The summed E-state index contributed by atoms with van der Waals surface area (Å²) in [5.74, 6) is 0. The van der Waals surface area contributed by atoms with E-state index in [1.54, 1.807) is 7.11 Å². The molecule has 3 nitrogen and oxygen atoms in total. The van der Waals surface area contributed by atoms with E-state index in [1.165, 1.54) is 0 Å². The van der Waals surface area contributed by atoms with Crippen LogP contribution in [0.25, 0.3) is 0 Å². The van der Waals surface area contributed by atoms with Gasteiger partial charge in [0.1, 0.15) is 0 Å². The number of nitrogens with zero attached hydrogens (tertiary/aromatic N) is 1. The fraction of sp³-hybridized carbons (Fsp3) is 1.00. The van der Waals surface area contributed by atoms with E-state index in [9.17, 15) is 0 Å². The Morgan fingerprint density at radius 3 is 2.20 bits per heavy atom. The van der Waals surface area contributed by atoms with Gasteiger partial charge in [0, 0.05) is 32.2 Å². The number of ether oxygens (including phenoxy) is 2. The first-order valence-corrected chi connectivity index (χ1v) is 5.93. The molecule has 1 fully saturated rings. The molecule has 0 bridgehead atoms. The summed E-state index contributed by atoms with van der Waals surface area (Å²) in [4.78, 5) is 2.45. The third-order valence-corrected chi connectivity index (χ3v) is 2.29. The van der Waals surface area contributed by atoms with Crippen LogP contribution in [-0.2, 0) is 9.47 Å². The Balaban J connectivity index is 0.000000921. The number of rotatable bonds is 4. The normalized spacial score (nSPS) is 18.2. The first kappa shape index (κ1) is 14.9. The van der Waals surface area contributed by atoms with Crippen molar-refractivity contribution in [1.29, 1.82) is 0 Å². The van der Waals surface area contributed by atoms with Gasteiger partial charge in [-0.05, 0) is 0 Å². The molecular formula is C12H27NO2. The summed E-state index contributed by atoms with van der Waals surface area (Å²) < 4.78 is 10.5. The summed E-state index contributed by atoms with van der Waals surface area (Å²) in [6.07, 6.45) is 0. The number of hydrogen-bond acceptors (Lipinski definition) is 3. The molecule has 0 aromatic carbocycles. The Bertz CT molecular complexity index is 143. The van der Waals surface area contributed by atoms with Gasteiger partial charge in [0.2, 0.25) is 0 Å². The van der Waals surface area contributed by atoms with Crippen molar-refractivity contribution in [2.24, 2.45) is 5.41 Å². The van der Waals surface area contributed by atoms with E-state index in [0.717, 1.165) is 39.5 Å². The summed E-state index contributed by atoms with van der Waals surface area (Å²) >= 11 is 0. The van der Waals surface area contributed by atoms with Crippen molar-refractivity contribution >= 4 is 0 Å². The molecule has 0 saturated carbocycles. The lowest BCUT2D eigenvalue weighted by Gasteiger charge is -2.34. The first-order valence-electron chi connectivity index (χ1n) is 5.93. The van der Waals surface area contributed by atoms with Crippen LogP contribution in [0.5, 0.6) is 0 Å². The highest BCUT2D eigenvalue weighted by molar-refractivity contribution is 4.74. The Hall–Kier alpha value is -0.120. The van der Waals surface area contributed by atoms with Crippen molar-refractivity contribution in [2.75, 3.05) is 46.6 Å². The summed E-state index contributed by atoms with van der Waals surface area (Å²) in [5, 5.41) is 0. The molecule has 0 aromatic heterocycles. The maximum absolute atomic E-state index is 5.30. The summed E-state index contributed by atoms with van der Waals surface area (Å²) in [7, 11) is 1.76. The second-order valence-electron chi connectivity index (χ2n) is 4.49. The highest BCUT2D eigenvalue weighted by Crippen LogP contribution is 2.17. The molecule has 0 amide bonds. The van der Waals surface area contributed by atoms with E-state index in [-0.39, 0.29) is 5.41 Å². The van der Waals surface area contributed by atoms with Crippen LogP contribution in [0.15, 0.2) is 0 Å². The largest absolute Gasteiger partial charge is 0.384 e. The summed E-state index contributed by atoms with van der Waals surface area (Å²) in [5.41, 5.74) is 0.256. The quantitative estimate of drug-likeness (QED) is 0.719. The monoisotopic (exact) mass is 217 g/mol. The number of morpholine rings is 1. The molecule has 15 heavy (non-hydrogen) atoms. The second-order valence-corrected chi connectivity index (χ2v) is 4.49. The number of hydrogen-bond donors (Lipinski definition) is 0. The van der Waals surface area contributed by atoms with Gasteiger partial charge in [-0.25, -0.2) is 0 Å². The van der Waals surface area contributed by atoms with Crippen LogP contribution >= 0.6 is 0 Å². The van der Waals surface area contributed by atoms with Crippen LogP contribution in [0.2, 0.25) is 0 Å². The molecule has 1 rings (SSSR count). The van der Waals surface area contributed by atoms with Gasteiger partial charge in [-0.2, -0.15) is 0 Å². The molecule has 0 spiro atoms. The smallest absolute Gasteiger partial charge is 0.0594 e. The predicted molar refractivity (Wildman–Crippen MR) is 64.3 cm³/mol. The molecular weight excluding hydrogens is 190 g/mol. The summed E-state index contributed by atoms with van der Waals surface area (Å²) in [6.45, 7) is 14.3. The standard InChI is InChI=1S/C10H21NO2.C2H6/c1-10(2,9-12-3)8-11-4-6-13-7-5-11;1-2/h4-9H2,1-3H3;1-2H3. The lowest BCUT2D eigenvalue weighted by Crippen LogP contribution is -2.43. The molecule has 0 atom stereocenters. The zero-order valence-corrected chi connectivity index (χ0v) is 11.0.